The van der Waals surface area contributed by atoms with Crippen LogP contribution in [0.1, 0.15) is 42.6 Å². The number of hydrogen-bond acceptors (Lipinski definition) is 2. The number of hydrogen-bond donors (Lipinski definition) is 1. The number of rotatable bonds is 3. The van der Waals surface area contributed by atoms with Crippen molar-refractivity contribution in [2.45, 2.75) is 38.1 Å². The molecule has 3 heterocycles. The molecule has 0 spiro atoms. The zero-order chi connectivity index (χ0) is 17.4. The van der Waals surface area contributed by atoms with Gasteiger partial charge in [0, 0.05) is 35.6 Å². The second-order valence-electron chi connectivity index (χ2n) is 7.50. The van der Waals surface area contributed by atoms with Gasteiger partial charge in [-0.2, -0.15) is 0 Å². The van der Waals surface area contributed by atoms with E-state index in [1.165, 1.54) is 45.2 Å². The summed E-state index contributed by atoms with van der Waals surface area (Å²) >= 11 is 6.09. The molecule has 0 aliphatic carbocycles. The van der Waals surface area contributed by atoms with Crippen molar-refractivity contribution in [2.24, 2.45) is 13.0 Å². The average molecular weight is 360 g/mol. The molecule has 2 aliphatic rings. The molecule has 0 unspecified atom stereocenters. The first-order valence-electron chi connectivity index (χ1n) is 9.41. The van der Waals surface area contributed by atoms with Crippen LogP contribution in [0, 0.1) is 5.92 Å². The van der Waals surface area contributed by atoms with E-state index in [0.717, 1.165) is 17.4 Å². The number of benzene rings is 1. The van der Waals surface area contributed by atoms with E-state index in [-0.39, 0.29) is 5.91 Å². The third-order valence-corrected chi connectivity index (χ3v) is 6.23. The molecular weight excluding hydrogens is 334 g/mol. The molecular formula is C20H26ClN3O. The van der Waals surface area contributed by atoms with Crippen LogP contribution < -0.4 is 5.32 Å². The fourth-order valence-electron chi connectivity index (χ4n) is 4.65. The zero-order valence-electron chi connectivity index (χ0n) is 14.8. The molecule has 1 amide bonds. The minimum Gasteiger partial charge on any atom is -0.350 e. The van der Waals surface area contributed by atoms with Crippen LogP contribution in [-0.4, -0.2) is 41.1 Å². The minimum atomic E-state index is 0.0164. The first kappa shape index (κ1) is 16.9. The molecule has 25 heavy (non-hydrogen) atoms. The second kappa shape index (κ2) is 7.00. The summed E-state index contributed by atoms with van der Waals surface area (Å²) in [6.45, 7) is 3.25. The van der Waals surface area contributed by atoms with Crippen LogP contribution in [0.3, 0.4) is 0 Å². The van der Waals surface area contributed by atoms with Crippen LogP contribution in [0.4, 0.5) is 0 Å². The van der Waals surface area contributed by atoms with E-state index in [0.29, 0.717) is 22.7 Å². The molecule has 2 aromatic rings. The summed E-state index contributed by atoms with van der Waals surface area (Å²) < 4.78 is 1.93. The maximum absolute atomic E-state index is 12.7. The molecule has 0 radical (unpaired) electrons. The fraction of sp³-hybridized carbons (Fsp3) is 0.550. The number of nitrogens with one attached hydrogen (secondary N) is 1. The number of aryl methyl sites for hydroxylation is 1. The van der Waals surface area contributed by atoms with Crippen molar-refractivity contribution < 1.29 is 4.79 Å². The van der Waals surface area contributed by atoms with Gasteiger partial charge in [-0.1, -0.05) is 24.1 Å². The Kier molecular flexibility index (Phi) is 4.74. The van der Waals surface area contributed by atoms with Crippen LogP contribution in [0.2, 0.25) is 5.02 Å². The van der Waals surface area contributed by atoms with E-state index < -0.39 is 0 Å². The number of piperidine rings is 2. The van der Waals surface area contributed by atoms with Gasteiger partial charge in [0.2, 0.25) is 0 Å². The molecule has 4 nitrogen and oxygen atoms in total. The Labute approximate surface area is 154 Å². The van der Waals surface area contributed by atoms with Crippen molar-refractivity contribution in [3.05, 3.63) is 35.0 Å². The maximum atomic E-state index is 12.7. The van der Waals surface area contributed by atoms with E-state index >= 15 is 0 Å². The van der Waals surface area contributed by atoms with Crippen molar-refractivity contribution in [3.8, 4) is 0 Å². The molecule has 2 fully saturated rings. The Bertz CT molecular complexity index is 783. The number of nitrogens with zero attached hydrogens (tertiary/aromatic N) is 2. The van der Waals surface area contributed by atoms with Crippen LogP contribution >= 0.6 is 11.6 Å². The summed E-state index contributed by atoms with van der Waals surface area (Å²) in [6.07, 6.45) is 6.42. The van der Waals surface area contributed by atoms with Crippen LogP contribution in [0.15, 0.2) is 24.3 Å². The second-order valence-corrected chi connectivity index (χ2v) is 7.94. The van der Waals surface area contributed by atoms with Crippen LogP contribution in [-0.2, 0) is 7.05 Å². The Balaban J connectivity index is 1.46. The maximum Gasteiger partial charge on any atom is 0.267 e. The van der Waals surface area contributed by atoms with E-state index in [9.17, 15) is 4.79 Å². The van der Waals surface area contributed by atoms with Gasteiger partial charge in [0.25, 0.3) is 5.91 Å². The normalized spacial score (nSPS) is 24.2. The quantitative estimate of drug-likeness (QED) is 0.904. The number of halogens is 1. The summed E-state index contributed by atoms with van der Waals surface area (Å²) in [5.41, 5.74) is 1.70. The van der Waals surface area contributed by atoms with Crippen molar-refractivity contribution >= 4 is 28.4 Å². The third kappa shape index (κ3) is 3.30. The molecule has 4 rings (SSSR count). The highest BCUT2D eigenvalue weighted by Gasteiger charge is 2.33. The molecule has 1 N–H and O–H groups in total. The molecule has 2 atom stereocenters. The summed E-state index contributed by atoms with van der Waals surface area (Å²) in [4.78, 5) is 15.4. The largest absolute Gasteiger partial charge is 0.350 e. The van der Waals surface area contributed by atoms with Gasteiger partial charge in [0.05, 0.1) is 0 Å². The zero-order valence-corrected chi connectivity index (χ0v) is 15.6. The number of carbonyl (C=O) groups excluding carboxylic acids is 1. The standard InChI is InChI=1S/C20H26ClN3O/c1-23-18-12-16(21)8-7-14(18)11-19(23)20(25)22-13-15-5-4-10-24-9-3-2-6-17(15)24/h7-8,11-12,15,17H,2-6,9-10,13H2,1H3,(H,22,25)/t15-,17-/m0/s1. The molecule has 2 saturated heterocycles. The Hall–Kier alpha value is -1.52. The molecule has 1 aromatic carbocycles. The minimum absolute atomic E-state index is 0.0164. The van der Waals surface area contributed by atoms with Crippen molar-refractivity contribution in [1.82, 2.24) is 14.8 Å². The number of amides is 1. The lowest BCUT2D eigenvalue weighted by molar-refractivity contribution is 0.0574. The summed E-state index contributed by atoms with van der Waals surface area (Å²) in [6, 6.07) is 8.36. The lowest BCUT2D eigenvalue weighted by Crippen LogP contribution is -2.51. The molecule has 2 aliphatic heterocycles. The predicted molar refractivity (Wildman–Crippen MR) is 102 cm³/mol. The lowest BCUT2D eigenvalue weighted by Gasteiger charge is -2.44. The SMILES string of the molecule is Cn1c(C(=O)NC[C@@H]2CCCN3CCCC[C@@H]23)cc2ccc(Cl)cc21. The highest BCUT2D eigenvalue weighted by Crippen LogP contribution is 2.30. The van der Waals surface area contributed by atoms with Gasteiger partial charge in [-0.05, 0) is 62.9 Å². The van der Waals surface area contributed by atoms with Crippen molar-refractivity contribution in [3.63, 3.8) is 0 Å². The number of carbonyl (C=O) groups is 1. The summed E-state index contributed by atoms with van der Waals surface area (Å²) in [7, 11) is 1.93. The van der Waals surface area contributed by atoms with Gasteiger partial charge in [-0.3, -0.25) is 4.79 Å². The monoisotopic (exact) mass is 359 g/mol. The van der Waals surface area contributed by atoms with Gasteiger partial charge < -0.3 is 14.8 Å². The molecule has 5 heteroatoms. The molecule has 1 aromatic heterocycles. The van der Waals surface area contributed by atoms with E-state index in [1.807, 2.05) is 35.9 Å². The summed E-state index contributed by atoms with van der Waals surface area (Å²) in [5, 5.41) is 4.94. The third-order valence-electron chi connectivity index (χ3n) is 5.99. The Morgan fingerprint density at radius 1 is 1.20 bits per heavy atom. The predicted octanol–water partition coefficient (Wildman–Crippen LogP) is 3.83. The lowest BCUT2D eigenvalue weighted by atomic mass is 9.83. The highest BCUT2D eigenvalue weighted by molar-refractivity contribution is 6.31. The van der Waals surface area contributed by atoms with Crippen LogP contribution in [0.5, 0.6) is 0 Å². The fourth-order valence-corrected chi connectivity index (χ4v) is 4.82. The first-order valence-corrected chi connectivity index (χ1v) is 9.78. The molecule has 0 bridgehead atoms. The average Bonchev–Trinajstić information content (AvgIpc) is 2.96. The number of fused-ring (bicyclic) bond motifs is 2. The van der Waals surface area contributed by atoms with Gasteiger partial charge in [-0.15, -0.1) is 0 Å². The van der Waals surface area contributed by atoms with Gasteiger partial charge in [0.15, 0.2) is 0 Å². The van der Waals surface area contributed by atoms with E-state index in [1.54, 1.807) is 0 Å². The van der Waals surface area contributed by atoms with Crippen molar-refractivity contribution in [1.29, 1.82) is 0 Å². The summed E-state index contributed by atoms with van der Waals surface area (Å²) in [5.74, 6) is 0.602. The highest BCUT2D eigenvalue weighted by atomic mass is 35.5. The Morgan fingerprint density at radius 3 is 2.92 bits per heavy atom. The smallest absolute Gasteiger partial charge is 0.267 e. The van der Waals surface area contributed by atoms with Gasteiger partial charge >= 0.3 is 0 Å². The topological polar surface area (TPSA) is 37.3 Å². The van der Waals surface area contributed by atoms with Gasteiger partial charge in [-0.25, -0.2) is 0 Å². The Morgan fingerprint density at radius 2 is 2.04 bits per heavy atom. The first-order chi connectivity index (χ1) is 12.1. The van der Waals surface area contributed by atoms with Crippen LogP contribution in [0.25, 0.3) is 10.9 Å². The van der Waals surface area contributed by atoms with E-state index in [2.05, 4.69) is 10.2 Å². The molecule has 134 valence electrons. The van der Waals surface area contributed by atoms with Crippen molar-refractivity contribution in [2.75, 3.05) is 19.6 Å². The molecule has 0 saturated carbocycles. The van der Waals surface area contributed by atoms with Gasteiger partial charge in [0.1, 0.15) is 5.69 Å². The van der Waals surface area contributed by atoms with E-state index in [4.69, 9.17) is 11.6 Å². The number of aromatic nitrogens is 1.